The van der Waals surface area contributed by atoms with Crippen LogP contribution in [0.5, 0.6) is 5.88 Å². The lowest BCUT2D eigenvalue weighted by atomic mass is 9.85. The number of hydrogen-bond acceptors (Lipinski definition) is 6. The molecule has 3 heterocycles. The van der Waals surface area contributed by atoms with E-state index in [1.165, 1.54) is 33.7 Å². The lowest BCUT2D eigenvalue weighted by Gasteiger charge is -2.28. The smallest absolute Gasteiger partial charge is 0.221 e. The number of nitrogens with zero attached hydrogens (tertiary/aromatic N) is 1. The number of pyridine rings is 1. The predicted molar refractivity (Wildman–Crippen MR) is 278 cm³/mol. The van der Waals surface area contributed by atoms with Crippen LogP contribution >= 0.6 is 0 Å². The van der Waals surface area contributed by atoms with Crippen molar-refractivity contribution in [2.45, 2.75) is 148 Å². The number of ether oxygens (including phenoxy) is 2. The van der Waals surface area contributed by atoms with Crippen LogP contribution in [0.1, 0.15) is 141 Å². The molecule has 66 heavy (non-hydrogen) atoms. The number of dihydropyridines is 1. The van der Waals surface area contributed by atoms with Crippen molar-refractivity contribution in [2.75, 3.05) is 14.2 Å². The maximum atomic E-state index is 12.8. The first-order chi connectivity index (χ1) is 31.3. The van der Waals surface area contributed by atoms with Crippen molar-refractivity contribution in [2.24, 2.45) is 5.41 Å². The minimum atomic E-state index is -0.260. The number of carbonyl (C=O) groups is 2. The third-order valence-corrected chi connectivity index (χ3v) is 10.6. The molecule has 0 aliphatic carbocycles. The highest BCUT2D eigenvalue weighted by atomic mass is 19.1. The highest BCUT2D eigenvalue weighted by molar-refractivity contribution is 6.06. The van der Waals surface area contributed by atoms with Crippen LogP contribution in [0.2, 0.25) is 0 Å². The number of halogens is 1. The monoisotopic (exact) mass is 902 g/mol. The molecule has 2 aromatic heterocycles. The van der Waals surface area contributed by atoms with E-state index in [4.69, 9.17) is 9.47 Å². The van der Waals surface area contributed by atoms with Crippen LogP contribution in [-0.2, 0) is 33.6 Å². The molecular weight excluding hydrogens is 822 g/mol. The number of aldehydes is 1. The van der Waals surface area contributed by atoms with Crippen molar-refractivity contribution >= 4 is 28.5 Å². The fraction of sp³-hybridized carbons (Fsp3) is 0.431. The molecule has 7 nitrogen and oxygen atoms in total. The largest absolute Gasteiger partial charge is 0.481 e. The number of aromatic nitrogens is 2. The minimum absolute atomic E-state index is 0.0972. The Kier molecular flexibility index (Phi) is 24.4. The van der Waals surface area contributed by atoms with E-state index >= 15 is 0 Å². The molecule has 0 bridgehead atoms. The van der Waals surface area contributed by atoms with Crippen LogP contribution in [0.3, 0.4) is 0 Å². The Morgan fingerprint density at radius 3 is 1.98 bits per heavy atom. The average Bonchev–Trinajstić information content (AvgIpc) is 3.62. The second kappa shape index (κ2) is 28.4. The Morgan fingerprint density at radius 2 is 1.45 bits per heavy atom. The van der Waals surface area contributed by atoms with Crippen LogP contribution in [0.15, 0.2) is 102 Å². The standard InChI is InChI=1S/C23H31NO2.C18H20N2O.C8H9F.C5H12.C4H8O/c1-7-9-21(25)17(5)22(19-13-11-16(4)24-23(19)26-6)20-14-18(8-2)12-10-15(20)3;1-5-13-7-9-16-15(10-13)17(12(3)20-16)14-8-6-11(2)19-18(14)21-4;1-2-7-5-3-4-6-8(7)9;1-5(2,3)4;1-2-3-4-5/h10-14,23-24H,7-9H2,1-6H3;6-10,20H,5H2,1-4H3;3-6H,2H2,1H3;1-4H3;4H,2-3H2,1H3/b22-17+;;;;. The first kappa shape index (κ1) is 56.5. The molecule has 8 heteroatoms. The SMILES string of the molecule is CC(C)(C)C.CCCC(=O)/C(C)=C(\C1=CC=C(C)NC1OC)c1cc(CC)ccc1C.CCCC=O.CCc1ccc2[nH]c(C)c(-c3ccc(C)nc3OC)c2c1.CCc1ccccc1F. The number of methoxy groups -OCH3 is 2. The van der Waals surface area contributed by atoms with Crippen molar-refractivity contribution in [3.8, 4) is 17.0 Å². The van der Waals surface area contributed by atoms with Gasteiger partial charge in [-0.3, -0.25) is 4.79 Å². The molecule has 0 spiro atoms. The molecule has 358 valence electrons. The summed E-state index contributed by atoms with van der Waals surface area (Å²) in [7, 11) is 3.37. The van der Waals surface area contributed by atoms with Gasteiger partial charge in [-0.2, -0.15) is 0 Å². The number of H-pyrrole nitrogens is 1. The van der Waals surface area contributed by atoms with E-state index < -0.39 is 0 Å². The summed E-state index contributed by atoms with van der Waals surface area (Å²) in [6.07, 6.45) is 10.7. The second-order valence-corrected chi connectivity index (χ2v) is 18.2. The van der Waals surface area contributed by atoms with Crippen molar-refractivity contribution < 1.29 is 23.5 Å². The van der Waals surface area contributed by atoms with E-state index in [9.17, 15) is 14.0 Å². The van der Waals surface area contributed by atoms with Gasteiger partial charge in [0.15, 0.2) is 12.0 Å². The quantitative estimate of drug-likeness (QED) is 0.0903. The van der Waals surface area contributed by atoms with E-state index in [2.05, 4.69) is 119 Å². The average molecular weight is 902 g/mol. The molecule has 0 fully saturated rings. The van der Waals surface area contributed by atoms with Gasteiger partial charge in [-0.1, -0.05) is 111 Å². The molecule has 3 aromatic carbocycles. The molecule has 2 N–H and O–H groups in total. The molecule has 0 radical (unpaired) electrons. The molecule has 5 aromatic rings. The second-order valence-electron chi connectivity index (χ2n) is 18.2. The number of Topliss-reactive ketones (excluding diaryl/α,β-unsaturated/α-hetero) is 1. The van der Waals surface area contributed by atoms with E-state index in [0.717, 1.165) is 94.4 Å². The van der Waals surface area contributed by atoms with Gasteiger partial charge in [0.25, 0.3) is 0 Å². The van der Waals surface area contributed by atoms with Crippen LogP contribution in [0.4, 0.5) is 4.39 Å². The van der Waals surface area contributed by atoms with Gasteiger partial charge in [0.05, 0.1) is 7.11 Å². The Morgan fingerprint density at radius 1 is 0.818 bits per heavy atom. The highest BCUT2D eigenvalue weighted by Gasteiger charge is 2.26. The summed E-state index contributed by atoms with van der Waals surface area (Å²) in [6, 6.07) is 24.1. The summed E-state index contributed by atoms with van der Waals surface area (Å²) >= 11 is 0. The number of fused-ring (bicyclic) bond motifs is 1. The lowest BCUT2D eigenvalue weighted by molar-refractivity contribution is -0.115. The molecular formula is C58H80FN3O4. The number of ketones is 1. The summed E-state index contributed by atoms with van der Waals surface area (Å²) < 4.78 is 23.8. The van der Waals surface area contributed by atoms with Gasteiger partial charge in [0.1, 0.15) is 12.1 Å². The molecule has 1 aliphatic heterocycles. The molecule has 1 atom stereocenters. The van der Waals surface area contributed by atoms with E-state index in [1.807, 2.05) is 59.8 Å². The zero-order valence-electron chi connectivity index (χ0n) is 43.1. The summed E-state index contributed by atoms with van der Waals surface area (Å²) in [4.78, 5) is 30.1. The predicted octanol–water partition coefficient (Wildman–Crippen LogP) is 14.9. The van der Waals surface area contributed by atoms with E-state index in [-0.39, 0.29) is 17.8 Å². The van der Waals surface area contributed by atoms with Crippen molar-refractivity contribution in [1.82, 2.24) is 15.3 Å². The van der Waals surface area contributed by atoms with Crippen molar-refractivity contribution in [3.63, 3.8) is 0 Å². The number of nitrogens with one attached hydrogen (secondary N) is 2. The molecule has 6 rings (SSSR count). The number of rotatable bonds is 13. The minimum Gasteiger partial charge on any atom is -0.481 e. The summed E-state index contributed by atoms with van der Waals surface area (Å²) in [5.74, 6) is 0.784. The van der Waals surface area contributed by atoms with Gasteiger partial charge < -0.3 is 24.6 Å². The maximum absolute atomic E-state index is 12.8. The fourth-order valence-corrected chi connectivity index (χ4v) is 7.04. The Labute approximate surface area is 397 Å². The lowest BCUT2D eigenvalue weighted by Crippen LogP contribution is -2.34. The zero-order chi connectivity index (χ0) is 49.6. The number of hydrogen-bond donors (Lipinski definition) is 2. The Balaban J connectivity index is 0.000000329. The number of aryl methyl sites for hydroxylation is 6. The number of aromatic amines is 1. The summed E-state index contributed by atoms with van der Waals surface area (Å²) in [6.45, 7) is 29.2. The van der Waals surface area contributed by atoms with Crippen LogP contribution in [-0.4, -0.2) is 42.5 Å². The van der Waals surface area contributed by atoms with Crippen molar-refractivity contribution in [3.05, 3.63) is 147 Å². The number of unbranched alkanes of at least 4 members (excludes halogenated alkanes) is 1. The molecule has 0 saturated heterocycles. The van der Waals surface area contributed by atoms with Crippen molar-refractivity contribution in [1.29, 1.82) is 0 Å². The van der Waals surface area contributed by atoms with Gasteiger partial charge >= 0.3 is 0 Å². The van der Waals surface area contributed by atoms with Crippen LogP contribution in [0, 0.1) is 32.0 Å². The first-order valence-corrected chi connectivity index (χ1v) is 23.6. The third-order valence-electron chi connectivity index (χ3n) is 10.6. The topological polar surface area (TPSA) is 93.3 Å². The van der Waals surface area contributed by atoms with Gasteiger partial charge in [0.2, 0.25) is 5.88 Å². The Bertz CT molecular complexity index is 2410. The fourth-order valence-electron chi connectivity index (χ4n) is 7.04. The maximum Gasteiger partial charge on any atom is 0.221 e. The Hall–Kier alpha value is -5.60. The zero-order valence-corrected chi connectivity index (χ0v) is 43.1. The van der Waals surface area contributed by atoms with Crippen LogP contribution < -0.4 is 10.1 Å². The van der Waals surface area contributed by atoms with Gasteiger partial charge in [-0.25, -0.2) is 9.37 Å². The van der Waals surface area contributed by atoms with Crippen LogP contribution in [0.25, 0.3) is 27.6 Å². The molecule has 1 aliphatic rings. The number of benzene rings is 3. The number of carbonyl (C=O) groups excluding carboxylic acids is 2. The van der Waals surface area contributed by atoms with E-state index in [0.29, 0.717) is 24.1 Å². The first-order valence-electron chi connectivity index (χ1n) is 23.6. The summed E-state index contributed by atoms with van der Waals surface area (Å²) in [5.41, 5.74) is 15.5. The molecule has 0 saturated carbocycles. The van der Waals surface area contributed by atoms with E-state index in [1.54, 1.807) is 26.4 Å². The van der Waals surface area contributed by atoms with Gasteiger partial charge in [-0.15, -0.1) is 0 Å². The normalized spacial score (nSPS) is 13.3. The molecule has 0 amide bonds. The molecule has 1 unspecified atom stereocenters. The van der Waals surface area contributed by atoms with Gasteiger partial charge in [-0.05, 0) is 142 Å². The summed E-state index contributed by atoms with van der Waals surface area (Å²) in [5, 5.41) is 4.60. The number of allylic oxidation sites excluding steroid dienone is 4. The van der Waals surface area contributed by atoms with Gasteiger partial charge in [0, 0.05) is 70.2 Å². The highest BCUT2D eigenvalue weighted by Crippen LogP contribution is 2.38. The third kappa shape index (κ3) is 17.7.